The van der Waals surface area contributed by atoms with Crippen molar-refractivity contribution < 1.29 is 4.79 Å². The standard InChI is InChI=1S/C17H16N4O/c1-21(11-8-13-6-9-18-10-7-13)17(22)16-12-19-14-4-2-3-5-15(14)20-16/h2-7,9-10,12H,8,11H2,1H3. The third kappa shape index (κ3) is 3.09. The number of para-hydroxylation sites is 2. The molecular weight excluding hydrogens is 276 g/mol. The molecule has 2 heterocycles. The van der Waals surface area contributed by atoms with Crippen molar-refractivity contribution in [3.05, 3.63) is 66.2 Å². The fourth-order valence-electron chi connectivity index (χ4n) is 2.20. The SMILES string of the molecule is CN(CCc1ccncc1)C(=O)c1cnc2ccccc2n1. The number of hydrogen-bond acceptors (Lipinski definition) is 4. The Kier molecular flexibility index (Phi) is 4.05. The molecular formula is C17H16N4O. The summed E-state index contributed by atoms with van der Waals surface area (Å²) >= 11 is 0. The van der Waals surface area contributed by atoms with E-state index in [9.17, 15) is 4.79 Å². The van der Waals surface area contributed by atoms with Crippen LogP contribution >= 0.6 is 0 Å². The van der Waals surface area contributed by atoms with Crippen LogP contribution in [-0.4, -0.2) is 39.4 Å². The molecule has 0 aliphatic rings. The van der Waals surface area contributed by atoms with Gasteiger partial charge >= 0.3 is 0 Å². The zero-order valence-corrected chi connectivity index (χ0v) is 12.3. The van der Waals surface area contributed by atoms with Gasteiger partial charge in [-0.2, -0.15) is 0 Å². The van der Waals surface area contributed by atoms with E-state index in [1.54, 1.807) is 24.3 Å². The van der Waals surface area contributed by atoms with Crippen molar-refractivity contribution in [3.63, 3.8) is 0 Å². The van der Waals surface area contributed by atoms with Gasteiger partial charge in [-0.05, 0) is 36.2 Å². The van der Waals surface area contributed by atoms with Gasteiger partial charge in [-0.25, -0.2) is 4.98 Å². The summed E-state index contributed by atoms with van der Waals surface area (Å²) in [5.74, 6) is -0.118. The van der Waals surface area contributed by atoms with E-state index in [4.69, 9.17) is 0 Å². The maximum Gasteiger partial charge on any atom is 0.273 e. The highest BCUT2D eigenvalue weighted by Gasteiger charge is 2.14. The molecule has 1 aromatic carbocycles. The molecule has 5 heteroatoms. The number of rotatable bonds is 4. The lowest BCUT2D eigenvalue weighted by molar-refractivity contribution is 0.0791. The number of benzene rings is 1. The summed E-state index contributed by atoms with van der Waals surface area (Å²) in [5.41, 5.74) is 3.05. The molecule has 0 atom stereocenters. The van der Waals surface area contributed by atoms with Crippen molar-refractivity contribution in [3.8, 4) is 0 Å². The molecule has 22 heavy (non-hydrogen) atoms. The van der Waals surface area contributed by atoms with E-state index in [-0.39, 0.29) is 5.91 Å². The number of likely N-dealkylation sites (N-methyl/N-ethyl adjacent to an activating group) is 1. The summed E-state index contributed by atoms with van der Waals surface area (Å²) in [5, 5.41) is 0. The van der Waals surface area contributed by atoms with Crippen molar-refractivity contribution in [2.24, 2.45) is 0 Å². The molecule has 2 aromatic heterocycles. The molecule has 0 aliphatic carbocycles. The average molecular weight is 292 g/mol. The summed E-state index contributed by atoms with van der Waals surface area (Å²) in [6.07, 6.45) is 5.83. The number of aromatic nitrogens is 3. The van der Waals surface area contributed by atoms with E-state index < -0.39 is 0 Å². The number of fused-ring (bicyclic) bond motifs is 1. The minimum Gasteiger partial charge on any atom is -0.340 e. The summed E-state index contributed by atoms with van der Waals surface area (Å²) in [6, 6.07) is 11.4. The van der Waals surface area contributed by atoms with Gasteiger partial charge < -0.3 is 4.90 Å². The largest absolute Gasteiger partial charge is 0.340 e. The van der Waals surface area contributed by atoms with Crippen LogP contribution in [0.2, 0.25) is 0 Å². The molecule has 110 valence electrons. The smallest absolute Gasteiger partial charge is 0.273 e. The lowest BCUT2D eigenvalue weighted by atomic mass is 10.2. The Hall–Kier alpha value is -2.82. The van der Waals surface area contributed by atoms with Crippen LogP contribution in [0, 0.1) is 0 Å². The van der Waals surface area contributed by atoms with E-state index in [1.165, 1.54) is 6.20 Å². The van der Waals surface area contributed by atoms with E-state index >= 15 is 0 Å². The van der Waals surface area contributed by atoms with Crippen LogP contribution in [0.25, 0.3) is 11.0 Å². The third-order valence-corrected chi connectivity index (χ3v) is 3.50. The second kappa shape index (κ2) is 6.30. The van der Waals surface area contributed by atoms with Crippen LogP contribution in [0.15, 0.2) is 55.0 Å². The minimum absolute atomic E-state index is 0.118. The van der Waals surface area contributed by atoms with Gasteiger partial charge in [0.15, 0.2) is 0 Å². The summed E-state index contributed by atoms with van der Waals surface area (Å²) < 4.78 is 0. The monoisotopic (exact) mass is 292 g/mol. The molecule has 0 spiro atoms. The maximum absolute atomic E-state index is 12.4. The molecule has 5 nitrogen and oxygen atoms in total. The maximum atomic E-state index is 12.4. The first-order valence-electron chi connectivity index (χ1n) is 7.10. The van der Waals surface area contributed by atoms with Crippen LogP contribution in [0.5, 0.6) is 0 Å². The highest BCUT2D eigenvalue weighted by atomic mass is 16.2. The van der Waals surface area contributed by atoms with Crippen LogP contribution in [0.4, 0.5) is 0 Å². The first kappa shape index (κ1) is 14.1. The van der Waals surface area contributed by atoms with Crippen LogP contribution in [0.3, 0.4) is 0 Å². The third-order valence-electron chi connectivity index (χ3n) is 3.50. The zero-order valence-electron chi connectivity index (χ0n) is 12.3. The molecule has 0 N–H and O–H groups in total. The molecule has 0 saturated heterocycles. The Labute approximate surface area is 128 Å². The van der Waals surface area contributed by atoms with Crippen LogP contribution in [0.1, 0.15) is 16.1 Å². The Balaban J connectivity index is 1.71. The normalized spacial score (nSPS) is 10.6. The minimum atomic E-state index is -0.118. The fraction of sp³-hybridized carbons (Fsp3) is 0.176. The highest BCUT2D eigenvalue weighted by molar-refractivity contribution is 5.93. The molecule has 0 unspecified atom stereocenters. The number of carbonyl (C=O) groups is 1. The van der Waals surface area contributed by atoms with Gasteiger partial charge in [-0.1, -0.05) is 12.1 Å². The lowest BCUT2D eigenvalue weighted by Crippen LogP contribution is -2.29. The molecule has 1 amide bonds. The molecule has 0 fully saturated rings. The van der Waals surface area contributed by atoms with Gasteiger partial charge in [0.1, 0.15) is 5.69 Å². The predicted octanol–water partition coefficient (Wildman–Crippen LogP) is 2.34. The number of carbonyl (C=O) groups excluding carboxylic acids is 1. The van der Waals surface area contributed by atoms with Crippen molar-refractivity contribution in [1.82, 2.24) is 19.9 Å². The van der Waals surface area contributed by atoms with Gasteiger partial charge in [-0.3, -0.25) is 14.8 Å². The number of pyridine rings is 1. The van der Waals surface area contributed by atoms with Gasteiger partial charge in [0.25, 0.3) is 5.91 Å². The van der Waals surface area contributed by atoms with E-state index in [1.807, 2.05) is 36.4 Å². The fourth-order valence-corrected chi connectivity index (χ4v) is 2.20. The van der Waals surface area contributed by atoms with Crippen molar-refractivity contribution in [2.45, 2.75) is 6.42 Å². The summed E-state index contributed by atoms with van der Waals surface area (Å²) in [6.45, 7) is 0.622. The quantitative estimate of drug-likeness (QED) is 0.740. The van der Waals surface area contributed by atoms with Crippen LogP contribution < -0.4 is 0 Å². The highest BCUT2D eigenvalue weighted by Crippen LogP contribution is 2.10. The molecule has 0 bridgehead atoms. The molecule has 0 saturated carbocycles. The number of nitrogens with zero attached hydrogens (tertiary/aromatic N) is 4. The van der Waals surface area contributed by atoms with Crippen molar-refractivity contribution in [1.29, 1.82) is 0 Å². The van der Waals surface area contributed by atoms with Crippen molar-refractivity contribution in [2.75, 3.05) is 13.6 Å². The van der Waals surface area contributed by atoms with Gasteiger partial charge in [-0.15, -0.1) is 0 Å². The number of amides is 1. The first-order chi connectivity index (χ1) is 10.7. The summed E-state index contributed by atoms with van der Waals surface area (Å²) in [4.78, 5) is 26.7. The zero-order chi connectivity index (χ0) is 15.4. The average Bonchev–Trinajstić information content (AvgIpc) is 2.59. The van der Waals surface area contributed by atoms with Gasteiger partial charge in [0.05, 0.1) is 17.2 Å². The van der Waals surface area contributed by atoms with Crippen molar-refractivity contribution >= 4 is 16.9 Å². The Bertz CT molecular complexity index is 789. The van der Waals surface area contributed by atoms with Crippen LogP contribution in [-0.2, 0) is 6.42 Å². The van der Waals surface area contributed by atoms with E-state index in [0.29, 0.717) is 12.2 Å². The van der Waals surface area contributed by atoms with E-state index in [2.05, 4.69) is 15.0 Å². The predicted molar refractivity (Wildman–Crippen MR) is 84.4 cm³/mol. The second-order valence-corrected chi connectivity index (χ2v) is 5.08. The Morgan fingerprint density at radius 2 is 1.82 bits per heavy atom. The molecule has 0 radical (unpaired) electrons. The summed E-state index contributed by atoms with van der Waals surface area (Å²) in [7, 11) is 1.78. The topological polar surface area (TPSA) is 59.0 Å². The first-order valence-corrected chi connectivity index (χ1v) is 7.10. The molecule has 3 aromatic rings. The molecule has 0 aliphatic heterocycles. The Morgan fingerprint density at radius 3 is 2.59 bits per heavy atom. The Morgan fingerprint density at radius 1 is 1.09 bits per heavy atom. The molecule has 3 rings (SSSR count). The van der Waals surface area contributed by atoms with Gasteiger partial charge in [0.2, 0.25) is 0 Å². The van der Waals surface area contributed by atoms with E-state index in [0.717, 1.165) is 23.0 Å². The van der Waals surface area contributed by atoms with Gasteiger partial charge in [0, 0.05) is 26.0 Å². The second-order valence-electron chi connectivity index (χ2n) is 5.08. The number of hydrogen-bond donors (Lipinski definition) is 0. The lowest BCUT2D eigenvalue weighted by Gasteiger charge is -2.16.